The zero-order valence-electron chi connectivity index (χ0n) is 18.4. The maximum atomic E-state index is 12.1. The molecule has 0 aliphatic rings. The summed E-state index contributed by atoms with van der Waals surface area (Å²) in [6.07, 6.45) is 0.811. The highest BCUT2D eigenvalue weighted by molar-refractivity contribution is 5.94. The highest BCUT2D eigenvalue weighted by Crippen LogP contribution is 2.17. The van der Waals surface area contributed by atoms with Crippen molar-refractivity contribution < 1.29 is 4.79 Å². The van der Waals surface area contributed by atoms with Crippen molar-refractivity contribution in [1.29, 1.82) is 0 Å². The number of benzene rings is 2. The standard InChI is InChI=1S/C23H33N5O/c1-17-14-21(27(3)4)11-10-20(17)16-26-23(24-2)25-13-12-18-8-7-9-19(15-18)22(29)28(5)6/h7-11,14-15H,12-13,16H2,1-6H3,(H2,24,25,26). The molecule has 0 fully saturated rings. The van der Waals surface area contributed by atoms with Gasteiger partial charge in [-0.15, -0.1) is 0 Å². The van der Waals surface area contributed by atoms with Crippen LogP contribution in [0.5, 0.6) is 0 Å². The van der Waals surface area contributed by atoms with E-state index < -0.39 is 0 Å². The Bertz CT molecular complexity index is 858. The lowest BCUT2D eigenvalue weighted by Gasteiger charge is -2.17. The molecule has 0 aliphatic carbocycles. The van der Waals surface area contributed by atoms with Crippen LogP contribution >= 0.6 is 0 Å². The number of nitrogens with one attached hydrogen (secondary N) is 2. The molecular formula is C23H33N5O. The Morgan fingerprint density at radius 2 is 1.79 bits per heavy atom. The van der Waals surface area contributed by atoms with E-state index in [-0.39, 0.29) is 5.91 Å². The first kappa shape index (κ1) is 22.3. The first-order valence-electron chi connectivity index (χ1n) is 9.83. The summed E-state index contributed by atoms with van der Waals surface area (Å²) in [4.78, 5) is 20.1. The number of hydrogen-bond acceptors (Lipinski definition) is 3. The monoisotopic (exact) mass is 395 g/mol. The van der Waals surface area contributed by atoms with E-state index >= 15 is 0 Å². The summed E-state index contributed by atoms with van der Waals surface area (Å²) in [6, 6.07) is 14.2. The predicted molar refractivity (Wildman–Crippen MR) is 122 cm³/mol. The molecular weight excluding hydrogens is 362 g/mol. The molecule has 1 amide bonds. The van der Waals surface area contributed by atoms with Crippen molar-refractivity contribution >= 4 is 17.6 Å². The Morgan fingerprint density at radius 1 is 1.03 bits per heavy atom. The third kappa shape index (κ3) is 6.52. The molecule has 2 rings (SSSR count). The largest absolute Gasteiger partial charge is 0.378 e. The van der Waals surface area contributed by atoms with Crippen molar-refractivity contribution in [2.45, 2.75) is 19.9 Å². The van der Waals surface area contributed by atoms with Gasteiger partial charge in [-0.05, 0) is 54.3 Å². The molecule has 0 spiro atoms. The number of amides is 1. The normalized spacial score (nSPS) is 11.2. The van der Waals surface area contributed by atoms with Crippen molar-refractivity contribution in [1.82, 2.24) is 15.5 Å². The minimum atomic E-state index is 0.0212. The highest BCUT2D eigenvalue weighted by Gasteiger charge is 2.08. The van der Waals surface area contributed by atoms with E-state index in [0.717, 1.165) is 24.5 Å². The zero-order valence-corrected chi connectivity index (χ0v) is 18.4. The van der Waals surface area contributed by atoms with Crippen LogP contribution in [0.1, 0.15) is 27.0 Å². The summed E-state index contributed by atoms with van der Waals surface area (Å²) in [6.45, 7) is 3.58. The number of hydrogen-bond donors (Lipinski definition) is 2. The van der Waals surface area contributed by atoms with Gasteiger partial charge in [0.1, 0.15) is 0 Å². The number of aliphatic imine (C=N–C) groups is 1. The molecule has 0 atom stereocenters. The lowest BCUT2D eigenvalue weighted by atomic mass is 10.1. The van der Waals surface area contributed by atoms with Crippen LogP contribution in [0.4, 0.5) is 5.69 Å². The van der Waals surface area contributed by atoms with E-state index in [1.54, 1.807) is 26.0 Å². The molecule has 6 nitrogen and oxygen atoms in total. The first-order valence-corrected chi connectivity index (χ1v) is 9.83. The molecule has 2 N–H and O–H groups in total. The Morgan fingerprint density at radius 3 is 2.41 bits per heavy atom. The number of aryl methyl sites for hydroxylation is 1. The van der Waals surface area contributed by atoms with Crippen LogP contribution < -0.4 is 15.5 Å². The topological polar surface area (TPSA) is 60.0 Å². The van der Waals surface area contributed by atoms with E-state index in [9.17, 15) is 4.79 Å². The van der Waals surface area contributed by atoms with Gasteiger partial charge in [0.05, 0.1) is 0 Å². The highest BCUT2D eigenvalue weighted by atomic mass is 16.2. The minimum absolute atomic E-state index is 0.0212. The summed E-state index contributed by atoms with van der Waals surface area (Å²) < 4.78 is 0. The van der Waals surface area contributed by atoms with Gasteiger partial charge >= 0.3 is 0 Å². The van der Waals surface area contributed by atoms with Gasteiger partial charge in [0.2, 0.25) is 0 Å². The molecule has 6 heteroatoms. The van der Waals surface area contributed by atoms with Gasteiger partial charge in [0, 0.05) is 59.6 Å². The maximum Gasteiger partial charge on any atom is 0.253 e. The quantitative estimate of drug-likeness (QED) is 0.559. The molecule has 0 aromatic heterocycles. The van der Waals surface area contributed by atoms with Crippen LogP contribution in [0.25, 0.3) is 0 Å². The summed E-state index contributed by atoms with van der Waals surface area (Å²) in [7, 11) is 9.40. The summed E-state index contributed by atoms with van der Waals surface area (Å²) >= 11 is 0. The molecule has 0 unspecified atom stereocenters. The smallest absolute Gasteiger partial charge is 0.253 e. The second-order valence-corrected chi connectivity index (χ2v) is 7.51. The fraction of sp³-hybridized carbons (Fsp3) is 0.391. The average molecular weight is 396 g/mol. The van der Waals surface area contributed by atoms with Gasteiger partial charge in [0.25, 0.3) is 5.91 Å². The van der Waals surface area contributed by atoms with Crippen molar-refractivity contribution in [3.05, 3.63) is 64.7 Å². The summed E-state index contributed by atoms with van der Waals surface area (Å²) in [5.41, 5.74) is 5.53. The van der Waals surface area contributed by atoms with Crippen molar-refractivity contribution in [3.8, 4) is 0 Å². The molecule has 29 heavy (non-hydrogen) atoms. The fourth-order valence-corrected chi connectivity index (χ4v) is 3.00. The van der Waals surface area contributed by atoms with E-state index in [2.05, 4.69) is 45.6 Å². The summed E-state index contributed by atoms with van der Waals surface area (Å²) in [5.74, 6) is 0.787. The second kappa shape index (κ2) is 10.5. The van der Waals surface area contributed by atoms with Crippen molar-refractivity contribution in [2.75, 3.05) is 46.7 Å². The van der Waals surface area contributed by atoms with Gasteiger partial charge in [-0.2, -0.15) is 0 Å². The van der Waals surface area contributed by atoms with Crippen LogP contribution in [-0.2, 0) is 13.0 Å². The van der Waals surface area contributed by atoms with Crippen LogP contribution in [0.15, 0.2) is 47.5 Å². The zero-order chi connectivity index (χ0) is 21.4. The van der Waals surface area contributed by atoms with Gasteiger partial charge in [-0.1, -0.05) is 18.2 Å². The third-order valence-electron chi connectivity index (χ3n) is 4.80. The summed E-state index contributed by atoms with van der Waals surface area (Å²) in [5, 5.41) is 6.71. The number of anilines is 1. The number of guanidine groups is 1. The van der Waals surface area contributed by atoms with Crippen LogP contribution in [-0.4, -0.2) is 58.5 Å². The molecule has 0 radical (unpaired) electrons. The van der Waals surface area contributed by atoms with Crippen molar-refractivity contribution in [3.63, 3.8) is 0 Å². The Labute approximate surface area is 174 Å². The van der Waals surface area contributed by atoms with Gasteiger partial charge in [-0.3, -0.25) is 9.79 Å². The van der Waals surface area contributed by atoms with Gasteiger partial charge < -0.3 is 20.4 Å². The average Bonchev–Trinajstić information content (AvgIpc) is 2.70. The number of carbonyl (C=O) groups excluding carboxylic acids is 1. The van der Waals surface area contributed by atoms with E-state index in [1.807, 2.05) is 38.4 Å². The molecule has 0 saturated heterocycles. The molecule has 156 valence electrons. The molecule has 0 aliphatic heterocycles. The maximum absolute atomic E-state index is 12.1. The van der Waals surface area contributed by atoms with Crippen LogP contribution in [0.2, 0.25) is 0 Å². The lowest BCUT2D eigenvalue weighted by Crippen LogP contribution is -2.38. The SMILES string of the molecule is CN=C(NCCc1cccc(C(=O)N(C)C)c1)NCc1ccc(N(C)C)cc1C. The lowest BCUT2D eigenvalue weighted by molar-refractivity contribution is 0.0827. The van der Waals surface area contributed by atoms with E-state index in [4.69, 9.17) is 0 Å². The molecule has 2 aromatic carbocycles. The van der Waals surface area contributed by atoms with Gasteiger partial charge in [0.15, 0.2) is 5.96 Å². The molecule has 2 aromatic rings. The van der Waals surface area contributed by atoms with Gasteiger partial charge in [-0.25, -0.2) is 0 Å². The Balaban J connectivity index is 1.87. The Kier molecular flexibility index (Phi) is 8.07. The van der Waals surface area contributed by atoms with E-state index in [0.29, 0.717) is 12.1 Å². The van der Waals surface area contributed by atoms with E-state index in [1.165, 1.54) is 16.8 Å². The van der Waals surface area contributed by atoms with Crippen molar-refractivity contribution in [2.24, 2.45) is 4.99 Å². The van der Waals surface area contributed by atoms with Crippen LogP contribution in [0, 0.1) is 6.92 Å². The number of rotatable bonds is 7. The second-order valence-electron chi connectivity index (χ2n) is 7.51. The predicted octanol–water partition coefficient (Wildman–Crippen LogP) is 2.67. The van der Waals surface area contributed by atoms with Crippen LogP contribution in [0.3, 0.4) is 0 Å². The Hall–Kier alpha value is -3.02. The number of carbonyl (C=O) groups is 1. The number of nitrogens with zero attached hydrogens (tertiary/aromatic N) is 3. The molecule has 0 saturated carbocycles. The molecule has 0 heterocycles. The first-order chi connectivity index (χ1) is 13.8. The third-order valence-corrected chi connectivity index (χ3v) is 4.80. The fourth-order valence-electron chi connectivity index (χ4n) is 3.00. The minimum Gasteiger partial charge on any atom is -0.378 e. The molecule has 0 bridgehead atoms.